The van der Waals surface area contributed by atoms with Crippen LogP contribution in [0.2, 0.25) is 0 Å². The molecular weight excluding hydrogens is 376 g/mol. The molecule has 0 spiro atoms. The molecule has 0 radical (unpaired) electrons. The van der Waals surface area contributed by atoms with E-state index < -0.39 is 5.92 Å². The fraction of sp³-hybridized carbons (Fsp3) is 0.286. The number of thioether (sulfide) groups is 1. The van der Waals surface area contributed by atoms with Gasteiger partial charge in [-0.15, -0.1) is 0 Å². The summed E-state index contributed by atoms with van der Waals surface area (Å²) in [5.74, 6) is 0.963. The molecule has 0 aliphatic carbocycles. The van der Waals surface area contributed by atoms with Gasteiger partial charge in [0.25, 0.3) is 5.24 Å². The molecule has 3 heterocycles. The van der Waals surface area contributed by atoms with Crippen molar-refractivity contribution < 1.29 is 19.1 Å². The predicted octanol–water partition coefficient (Wildman–Crippen LogP) is 3.22. The molecule has 2 fully saturated rings. The lowest BCUT2D eigenvalue weighted by atomic mass is 9.87. The minimum atomic E-state index is -0.445. The fourth-order valence-corrected chi connectivity index (χ4v) is 5.00. The third-order valence-electron chi connectivity index (χ3n) is 5.55. The zero-order valence-electron chi connectivity index (χ0n) is 15.0. The van der Waals surface area contributed by atoms with Crippen molar-refractivity contribution in [1.82, 2.24) is 9.80 Å². The number of ether oxygens (including phenoxy) is 1. The number of nitrogens with zero attached hydrogens (tertiary/aromatic N) is 2. The second-order valence-corrected chi connectivity index (χ2v) is 8.08. The van der Waals surface area contributed by atoms with Crippen LogP contribution in [0, 0.1) is 0 Å². The minimum Gasteiger partial charge on any atom is -0.457 e. The monoisotopic (exact) mass is 394 g/mol. The highest BCUT2D eigenvalue weighted by atomic mass is 32.2. The highest BCUT2D eigenvalue weighted by molar-refractivity contribution is 8.14. The second kappa shape index (κ2) is 6.67. The molecule has 28 heavy (non-hydrogen) atoms. The Kier molecular flexibility index (Phi) is 4.12. The van der Waals surface area contributed by atoms with E-state index in [1.807, 2.05) is 48.5 Å². The number of likely N-dealkylation sites (tertiary alicyclic amines) is 1. The molecule has 5 rings (SSSR count). The molecule has 3 amide bonds. The molecular formula is C21H18N2O4S. The number of carbonyl (C=O) groups is 3. The van der Waals surface area contributed by atoms with Gasteiger partial charge in [0.15, 0.2) is 0 Å². The molecule has 3 aliphatic heterocycles. The van der Waals surface area contributed by atoms with Gasteiger partial charge in [0.1, 0.15) is 11.5 Å². The summed E-state index contributed by atoms with van der Waals surface area (Å²) in [5.41, 5.74) is 1.69. The molecule has 2 saturated heterocycles. The van der Waals surface area contributed by atoms with Crippen molar-refractivity contribution in [2.45, 2.75) is 18.4 Å². The van der Waals surface area contributed by atoms with Crippen molar-refractivity contribution >= 4 is 28.8 Å². The Morgan fingerprint density at radius 1 is 1.00 bits per heavy atom. The minimum absolute atomic E-state index is 0.0163. The van der Waals surface area contributed by atoms with E-state index in [4.69, 9.17) is 4.74 Å². The Hall–Kier alpha value is -2.80. The number of rotatable bonds is 2. The molecule has 0 aromatic heterocycles. The maximum absolute atomic E-state index is 13.5. The molecule has 0 N–H and O–H groups in total. The number of amides is 3. The lowest BCUT2D eigenvalue weighted by Crippen LogP contribution is -2.42. The van der Waals surface area contributed by atoms with E-state index in [1.54, 1.807) is 4.90 Å². The number of carbonyl (C=O) groups excluding carboxylic acids is 3. The first-order valence-corrected chi connectivity index (χ1v) is 10.3. The van der Waals surface area contributed by atoms with Gasteiger partial charge in [0.2, 0.25) is 11.8 Å². The van der Waals surface area contributed by atoms with Crippen molar-refractivity contribution in [3.8, 4) is 11.5 Å². The summed E-state index contributed by atoms with van der Waals surface area (Å²) >= 11 is 1.04. The number of benzene rings is 2. The summed E-state index contributed by atoms with van der Waals surface area (Å²) in [6.07, 6.45) is 0.621. The van der Waals surface area contributed by atoms with Crippen molar-refractivity contribution in [2.75, 3.05) is 18.8 Å². The van der Waals surface area contributed by atoms with Crippen LogP contribution >= 0.6 is 11.8 Å². The van der Waals surface area contributed by atoms with Crippen LogP contribution in [0.15, 0.2) is 48.5 Å². The SMILES string of the molecule is O=C(C1c2ccccc2Oc2ccccc21)N1CCC(N2C(=O)CSC2=O)C1. The summed E-state index contributed by atoms with van der Waals surface area (Å²) in [6, 6.07) is 14.9. The van der Waals surface area contributed by atoms with Crippen LogP contribution in [0.5, 0.6) is 11.5 Å². The van der Waals surface area contributed by atoms with E-state index in [0.717, 1.165) is 22.9 Å². The van der Waals surface area contributed by atoms with E-state index in [-0.39, 0.29) is 28.8 Å². The third-order valence-corrected chi connectivity index (χ3v) is 6.39. The lowest BCUT2D eigenvalue weighted by Gasteiger charge is -2.30. The van der Waals surface area contributed by atoms with Crippen LogP contribution < -0.4 is 4.74 Å². The number of para-hydroxylation sites is 2. The predicted molar refractivity (Wildman–Crippen MR) is 104 cm³/mol. The summed E-state index contributed by atoms with van der Waals surface area (Å²) in [4.78, 5) is 40.7. The Morgan fingerprint density at radius 3 is 2.25 bits per heavy atom. The molecule has 0 bridgehead atoms. The first-order valence-electron chi connectivity index (χ1n) is 9.27. The van der Waals surface area contributed by atoms with E-state index in [1.165, 1.54) is 4.90 Å². The summed E-state index contributed by atoms with van der Waals surface area (Å²) in [6.45, 7) is 0.922. The Bertz CT molecular complexity index is 930. The van der Waals surface area contributed by atoms with Gasteiger partial charge < -0.3 is 9.64 Å². The molecule has 2 aromatic carbocycles. The van der Waals surface area contributed by atoms with E-state index in [2.05, 4.69) is 0 Å². The largest absolute Gasteiger partial charge is 0.457 e. The van der Waals surface area contributed by atoms with Crippen LogP contribution in [0.25, 0.3) is 0 Å². The third kappa shape index (κ3) is 2.69. The number of imide groups is 1. The van der Waals surface area contributed by atoms with Crippen molar-refractivity contribution in [1.29, 1.82) is 0 Å². The maximum Gasteiger partial charge on any atom is 0.289 e. The normalized spacial score (nSPS) is 21.5. The molecule has 142 valence electrons. The van der Waals surface area contributed by atoms with Crippen molar-refractivity contribution in [3.05, 3.63) is 59.7 Å². The van der Waals surface area contributed by atoms with Gasteiger partial charge in [-0.2, -0.15) is 0 Å². The first-order chi connectivity index (χ1) is 13.6. The second-order valence-electron chi connectivity index (χ2n) is 7.16. The van der Waals surface area contributed by atoms with Crippen LogP contribution in [-0.2, 0) is 9.59 Å². The summed E-state index contributed by atoms with van der Waals surface area (Å²) in [7, 11) is 0. The summed E-state index contributed by atoms with van der Waals surface area (Å²) in [5, 5.41) is -0.203. The van der Waals surface area contributed by atoms with Gasteiger partial charge in [-0.3, -0.25) is 19.3 Å². The molecule has 7 heteroatoms. The average molecular weight is 394 g/mol. The van der Waals surface area contributed by atoms with E-state index >= 15 is 0 Å². The van der Waals surface area contributed by atoms with Gasteiger partial charge in [0.05, 0.1) is 17.7 Å². The Balaban J connectivity index is 1.45. The topological polar surface area (TPSA) is 66.9 Å². The van der Waals surface area contributed by atoms with E-state index in [0.29, 0.717) is 31.0 Å². The molecule has 2 aromatic rings. The van der Waals surface area contributed by atoms with Crippen LogP contribution in [0.1, 0.15) is 23.5 Å². The number of hydrogen-bond acceptors (Lipinski definition) is 5. The zero-order chi connectivity index (χ0) is 19.3. The number of fused-ring (bicyclic) bond motifs is 2. The van der Waals surface area contributed by atoms with Gasteiger partial charge >= 0.3 is 0 Å². The average Bonchev–Trinajstić information content (AvgIpc) is 3.32. The summed E-state index contributed by atoms with van der Waals surface area (Å²) < 4.78 is 5.98. The highest BCUT2D eigenvalue weighted by Gasteiger charge is 2.42. The quantitative estimate of drug-likeness (QED) is 0.782. The zero-order valence-corrected chi connectivity index (χ0v) is 15.9. The molecule has 1 atom stereocenters. The van der Waals surface area contributed by atoms with Gasteiger partial charge in [-0.05, 0) is 18.6 Å². The highest BCUT2D eigenvalue weighted by Crippen LogP contribution is 2.45. The van der Waals surface area contributed by atoms with E-state index in [9.17, 15) is 14.4 Å². The molecule has 6 nitrogen and oxygen atoms in total. The maximum atomic E-state index is 13.5. The van der Waals surface area contributed by atoms with Crippen LogP contribution in [0.4, 0.5) is 4.79 Å². The van der Waals surface area contributed by atoms with Crippen LogP contribution in [0.3, 0.4) is 0 Å². The van der Waals surface area contributed by atoms with Crippen molar-refractivity contribution in [2.24, 2.45) is 0 Å². The molecule has 1 unspecified atom stereocenters. The van der Waals surface area contributed by atoms with Gasteiger partial charge in [-0.25, -0.2) is 0 Å². The van der Waals surface area contributed by atoms with Crippen LogP contribution in [-0.4, -0.2) is 51.7 Å². The van der Waals surface area contributed by atoms with Crippen molar-refractivity contribution in [3.63, 3.8) is 0 Å². The fourth-order valence-electron chi connectivity index (χ4n) is 4.23. The standard InChI is InChI=1S/C21H18N2O4S/c24-18-12-28-21(26)23(18)13-9-10-22(11-13)20(25)19-14-5-1-3-7-16(14)27-17-8-4-2-6-15(17)19/h1-8,13,19H,9-12H2. The number of hydrogen-bond donors (Lipinski definition) is 0. The van der Waals surface area contributed by atoms with Gasteiger partial charge in [0, 0.05) is 24.2 Å². The smallest absolute Gasteiger partial charge is 0.289 e. The lowest BCUT2D eigenvalue weighted by molar-refractivity contribution is -0.132. The molecule has 3 aliphatic rings. The first kappa shape index (κ1) is 17.3. The molecule has 0 saturated carbocycles. The Labute approximate surface area is 166 Å². The van der Waals surface area contributed by atoms with Gasteiger partial charge in [-0.1, -0.05) is 48.2 Å². The Morgan fingerprint density at radius 2 is 1.64 bits per heavy atom.